The fraction of sp³-hybridized carbons (Fsp3) is 0.579. The van der Waals surface area contributed by atoms with Crippen LogP contribution in [0.5, 0.6) is 0 Å². The zero-order valence-electron chi connectivity index (χ0n) is 16.5. The van der Waals surface area contributed by atoms with Crippen LogP contribution in [0.15, 0.2) is 24.3 Å². The molecule has 28 heavy (non-hydrogen) atoms. The van der Waals surface area contributed by atoms with E-state index in [-0.39, 0.29) is 18.2 Å². The number of piperidine rings is 1. The van der Waals surface area contributed by atoms with Crippen molar-refractivity contribution in [2.24, 2.45) is 5.92 Å². The maximum atomic E-state index is 12.6. The predicted octanol–water partition coefficient (Wildman–Crippen LogP) is 2.99. The highest BCUT2D eigenvalue weighted by molar-refractivity contribution is 5.82. The van der Waals surface area contributed by atoms with Crippen LogP contribution in [0.1, 0.15) is 46.1 Å². The number of aliphatic hydroxyl groups excluding tert-OH is 1. The van der Waals surface area contributed by atoms with Gasteiger partial charge in [0.05, 0.1) is 4.92 Å². The number of nitro groups is 1. The molecule has 1 aromatic carbocycles. The zero-order valence-corrected chi connectivity index (χ0v) is 16.5. The summed E-state index contributed by atoms with van der Waals surface area (Å²) in [4.78, 5) is 36.3. The molecular weight excluding hydrogens is 368 g/mol. The summed E-state index contributed by atoms with van der Waals surface area (Å²) in [5, 5.41) is 21.1. The van der Waals surface area contributed by atoms with Crippen molar-refractivity contribution in [2.75, 3.05) is 0 Å². The van der Waals surface area contributed by atoms with Crippen LogP contribution in [0, 0.1) is 16.0 Å². The number of aliphatic hydroxyl groups is 1. The Hall–Kier alpha value is -2.68. The van der Waals surface area contributed by atoms with Crippen LogP contribution in [0.2, 0.25) is 0 Å². The molecule has 1 N–H and O–H groups in total. The number of likely N-dealkylation sites (tertiary alicyclic amines) is 1. The summed E-state index contributed by atoms with van der Waals surface area (Å²) in [6, 6.07) is 4.67. The Labute approximate surface area is 163 Å². The Morgan fingerprint density at radius 1 is 1.25 bits per heavy atom. The third-order valence-electron chi connectivity index (χ3n) is 4.43. The molecule has 1 aliphatic rings. The second-order valence-corrected chi connectivity index (χ2v) is 7.90. The summed E-state index contributed by atoms with van der Waals surface area (Å²) in [5.74, 6) is -0.860. The Kier molecular flexibility index (Phi) is 6.60. The fourth-order valence-corrected chi connectivity index (χ4v) is 2.91. The van der Waals surface area contributed by atoms with Gasteiger partial charge in [0, 0.05) is 18.1 Å². The van der Waals surface area contributed by atoms with Crippen LogP contribution < -0.4 is 0 Å². The third-order valence-corrected chi connectivity index (χ3v) is 4.43. The zero-order chi connectivity index (χ0) is 21.1. The lowest BCUT2D eigenvalue weighted by Crippen LogP contribution is -2.57. The summed E-state index contributed by atoms with van der Waals surface area (Å²) in [7, 11) is 0. The Balaban J connectivity index is 2.07. The molecule has 0 aliphatic carbocycles. The number of carbonyl (C=O) groups is 2. The number of non-ortho nitro benzene ring substituents is 1. The molecule has 3 atom stereocenters. The number of esters is 1. The molecule has 0 bridgehead atoms. The van der Waals surface area contributed by atoms with Crippen molar-refractivity contribution in [1.82, 2.24) is 4.90 Å². The Bertz CT molecular complexity index is 727. The van der Waals surface area contributed by atoms with Gasteiger partial charge in [-0.25, -0.2) is 9.59 Å². The summed E-state index contributed by atoms with van der Waals surface area (Å²) < 4.78 is 10.6. The first-order chi connectivity index (χ1) is 13.0. The Morgan fingerprint density at radius 2 is 1.86 bits per heavy atom. The third kappa shape index (κ3) is 5.41. The first-order valence-electron chi connectivity index (χ1n) is 9.09. The van der Waals surface area contributed by atoms with Gasteiger partial charge in [0.1, 0.15) is 24.5 Å². The molecular formula is C19H26N2O7. The molecule has 1 saturated heterocycles. The van der Waals surface area contributed by atoms with Crippen molar-refractivity contribution < 1.29 is 29.1 Å². The topological polar surface area (TPSA) is 119 Å². The van der Waals surface area contributed by atoms with Crippen molar-refractivity contribution in [3.63, 3.8) is 0 Å². The molecule has 154 valence electrons. The molecule has 1 aromatic rings. The van der Waals surface area contributed by atoms with E-state index in [1.165, 1.54) is 24.3 Å². The van der Waals surface area contributed by atoms with Gasteiger partial charge in [0.15, 0.2) is 0 Å². The number of amides is 1. The number of ether oxygens (including phenoxy) is 2. The number of nitro benzene ring substituents is 1. The second-order valence-electron chi connectivity index (χ2n) is 7.90. The van der Waals surface area contributed by atoms with E-state index in [1.807, 2.05) is 0 Å². The van der Waals surface area contributed by atoms with E-state index < -0.39 is 34.9 Å². The lowest BCUT2D eigenvalue weighted by atomic mass is 9.92. The molecule has 0 saturated carbocycles. The molecule has 1 amide bonds. The molecule has 1 fully saturated rings. The lowest BCUT2D eigenvalue weighted by Gasteiger charge is -2.41. The second kappa shape index (κ2) is 8.55. The standard InChI is InChI=1S/C19H26N2O7/c1-12-5-10-15(20(16(12)22)18(24)28-19(2,3)4)17(23)27-11-13-6-8-14(9-7-13)21(25)26/h6-9,12,15-16,22H,5,10-11H2,1-4H3/t12?,15-,16?/m0/s1. The van der Waals surface area contributed by atoms with Crippen LogP contribution in [-0.4, -0.2) is 44.9 Å². The minimum Gasteiger partial charge on any atom is -0.459 e. The van der Waals surface area contributed by atoms with Gasteiger partial charge in [-0.15, -0.1) is 0 Å². The number of hydrogen-bond donors (Lipinski definition) is 1. The molecule has 0 radical (unpaired) electrons. The minimum atomic E-state index is -1.15. The average Bonchev–Trinajstić information content (AvgIpc) is 2.60. The molecule has 0 spiro atoms. The monoisotopic (exact) mass is 394 g/mol. The summed E-state index contributed by atoms with van der Waals surface area (Å²) >= 11 is 0. The van der Waals surface area contributed by atoms with E-state index in [9.17, 15) is 24.8 Å². The maximum Gasteiger partial charge on any atom is 0.413 e. The van der Waals surface area contributed by atoms with Gasteiger partial charge in [-0.05, 0) is 51.3 Å². The smallest absolute Gasteiger partial charge is 0.413 e. The quantitative estimate of drug-likeness (QED) is 0.473. The highest BCUT2D eigenvalue weighted by Gasteiger charge is 2.43. The van der Waals surface area contributed by atoms with Gasteiger partial charge < -0.3 is 14.6 Å². The Morgan fingerprint density at radius 3 is 2.39 bits per heavy atom. The lowest BCUT2D eigenvalue weighted by molar-refractivity contribution is -0.384. The van der Waals surface area contributed by atoms with Crippen molar-refractivity contribution >= 4 is 17.7 Å². The fourth-order valence-electron chi connectivity index (χ4n) is 2.91. The van der Waals surface area contributed by atoms with E-state index in [4.69, 9.17) is 9.47 Å². The van der Waals surface area contributed by atoms with Gasteiger partial charge in [-0.2, -0.15) is 0 Å². The largest absolute Gasteiger partial charge is 0.459 e. The molecule has 1 aliphatic heterocycles. The average molecular weight is 394 g/mol. The van der Waals surface area contributed by atoms with Crippen molar-refractivity contribution in [2.45, 2.75) is 65.0 Å². The number of rotatable bonds is 4. The highest BCUT2D eigenvalue weighted by Crippen LogP contribution is 2.29. The molecule has 1 heterocycles. The predicted molar refractivity (Wildman–Crippen MR) is 99.2 cm³/mol. The molecule has 0 aromatic heterocycles. The van der Waals surface area contributed by atoms with Crippen molar-refractivity contribution in [1.29, 1.82) is 0 Å². The highest BCUT2D eigenvalue weighted by atomic mass is 16.6. The summed E-state index contributed by atoms with van der Waals surface area (Å²) in [6.45, 7) is 6.80. The van der Waals surface area contributed by atoms with Crippen LogP contribution in [0.4, 0.5) is 10.5 Å². The molecule has 2 unspecified atom stereocenters. The van der Waals surface area contributed by atoms with E-state index in [2.05, 4.69) is 0 Å². The maximum absolute atomic E-state index is 12.6. The minimum absolute atomic E-state index is 0.0597. The molecule has 9 heteroatoms. The SMILES string of the molecule is CC1CC[C@@H](C(=O)OCc2ccc([N+](=O)[O-])cc2)N(C(=O)OC(C)(C)C)C1O. The number of nitrogens with zero attached hydrogens (tertiary/aromatic N) is 2. The van der Waals surface area contributed by atoms with Crippen molar-refractivity contribution in [3.05, 3.63) is 39.9 Å². The first-order valence-corrected chi connectivity index (χ1v) is 9.09. The summed E-state index contributed by atoms with van der Waals surface area (Å²) in [6.07, 6.45) is -1.03. The number of hydrogen-bond acceptors (Lipinski definition) is 7. The van der Waals surface area contributed by atoms with E-state index in [0.717, 1.165) is 4.90 Å². The summed E-state index contributed by atoms with van der Waals surface area (Å²) in [5.41, 5.74) is -0.256. The van der Waals surface area contributed by atoms with Crippen LogP contribution in [0.25, 0.3) is 0 Å². The van der Waals surface area contributed by atoms with Crippen LogP contribution in [-0.2, 0) is 20.9 Å². The normalized spacial score (nSPS) is 22.5. The van der Waals surface area contributed by atoms with E-state index >= 15 is 0 Å². The number of benzene rings is 1. The van der Waals surface area contributed by atoms with Gasteiger partial charge in [0.2, 0.25) is 0 Å². The van der Waals surface area contributed by atoms with E-state index in [1.54, 1.807) is 27.7 Å². The first kappa shape index (κ1) is 21.6. The van der Waals surface area contributed by atoms with Gasteiger partial charge >= 0.3 is 12.1 Å². The van der Waals surface area contributed by atoms with Gasteiger partial charge in [-0.3, -0.25) is 15.0 Å². The van der Waals surface area contributed by atoms with Crippen LogP contribution >= 0.6 is 0 Å². The van der Waals surface area contributed by atoms with Gasteiger partial charge in [0.25, 0.3) is 5.69 Å². The van der Waals surface area contributed by atoms with Gasteiger partial charge in [-0.1, -0.05) is 6.92 Å². The van der Waals surface area contributed by atoms with Crippen LogP contribution in [0.3, 0.4) is 0 Å². The van der Waals surface area contributed by atoms with Crippen molar-refractivity contribution in [3.8, 4) is 0 Å². The molecule has 2 rings (SSSR count). The van der Waals surface area contributed by atoms with E-state index in [0.29, 0.717) is 18.4 Å². The molecule has 9 nitrogen and oxygen atoms in total. The number of carbonyl (C=O) groups excluding carboxylic acids is 2.